The lowest BCUT2D eigenvalue weighted by molar-refractivity contribution is -0.156. The molecule has 0 fully saturated rings. The highest BCUT2D eigenvalue weighted by atomic mass is 16.4. The van der Waals surface area contributed by atoms with Crippen LogP contribution >= 0.6 is 0 Å². The minimum Gasteiger partial charge on any atom is -0.481 e. The lowest BCUT2D eigenvalue weighted by atomic mass is 9.77. The molecule has 94 valence electrons. The molecule has 5 heteroatoms. The molecule has 0 heterocycles. The molecular formula is C11H21NO4. The molecule has 2 atom stereocenters. The molecule has 0 aromatic carbocycles. The smallest absolute Gasteiger partial charge is 0.324 e. The maximum Gasteiger partial charge on any atom is 0.324 e. The van der Waals surface area contributed by atoms with Gasteiger partial charge in [0.2, 0.25) is 0 Å². The van der Waals surface area contributed by atoms with E-state index in [1.54, 1.807) is 25.9 Å². The Morgan fingerprint density at radius 1 is 1.25 bits per heavy atom. The number of carboxylic acids is 2. The molecule has 0 spiro atoms. The molecule has 0 aliphatic carbocycles. The van der Waals surface area contributed by atoms with Crippen LogP contribution in [0.25, 0.3) is 0 Å². The van der Waals surface area contributed by atoms with Crippen LogP contribution in [0.15, 0.2) is 0 Å². The first-order chi connectivity index (χ1) is 7.32. The van der Waals surface area contributed by atoms with Gasteiger partial charge in [-0.2, -0.15) is 0 Å². The highest BCUT2D eigenvalue weighted by molar-refractivity contribution is 5.80. The van der Waals surface area contributed by atoms with E-state index in [9.17, 15) is 14.7 Å². The highest BCUT2D eigenvalue weighted by Gasteiger charge is 2.46. The van der Waals surface area contributed by atoms with Gasteiger partial charge in [0.25, 0.3) is 0 Å². The van der Waals surface area contributed by atoms with Gasteiger partial charge < -0.3 is 10.2 Å². The van der Waals surface area contributed by atoms with Gasteiger partial charge in [-0.15, -0.1) is 0 Å². The molecule has 2 N–H and O–H groups in total. The Hall–Kier alpha value is -1.10. The fourth-order valence-corrected chi connectivity index (χ4v) is 2.35. The van der Waals surface area contributed by atoms with Crippen LogP contribution in [0.3, 0.4) is 0 Å². The highest BCUT2D eigenvalue weighted by Crippen LogP contribution is 2.32. The summed E-state index contributed by atoms with van der Waals surface area (Å²) in [6, 6.07) is 0. The molecular weight excluding hydrogens is 210 g/mol. The second kappa shape index (κ2) is 5.84. The third-order valence-corrected chi connectivity index (χ3v) is 3.30. The molecule has 0 aromatic heterocycles. The van der Waals surface area contributed by atoms with Crippen LogP contribution in [0.4, 0.5) is 0 Å². The average molecular weight is 231 g/mol. The zero-order chi connectivity index (χ0) is 12.9. The average Bonchev–Trinajstić information content (AvgIpc) is 2.16. The first-order valence-electron chi connectivity index (χ1n) is 5.45. The maximum atomic E-state index is 11.4. The van der Waals surface area contributed by atoms with E-state index in [1.807, 2.05) is 6.92 Å². The minimum atomic E-state index is -1.09. The van der Waals surface area contributed by atoms with Crippen molar-refractivity contribution in [1.29, 1.82) is 0 Å². The van der Waals surface area contributed by atoms with Gasteiger partial charge in [0.1, 0.15) is 5.54 Å². The second-order valence-corrected chi connectivity index (χ2v) is 4.18. The number of rotatable bonds is 7. The quantitative estimate of drug-likeness (QED) is 0.690. The largest absolute Gasteiger partial charge is 0.481 e. The zero-order valence-electron chi connectivity index (χ0n) is 10.4. The summed E-state index contributed by atoms with van der Waals surface area (Å²) in [5.41, 5.74) is -1.09. The Morgan fingerprint density at radius 3 is 1.94 bits per heavy atom. The molecule has 0 bridgehead atoms. The molecule has 0 radical (unpaired) electrons. The summed E-state index contributed by atoms with van der Waals surface area (Å²) in [5, 5.41) is 18.2. The third kappa shape index (κ3) is 2.72. The van der Waals surface area contributed by atoms with Crippen LogP contribution < -0.4 is 0 Å². The lowest BCUT2D eigenvalue weighted by Crippen LogP contribution is -2.56. The van der Waals surface area contributed by atoms with Crippen molar-refractivity contribution in [3.63, 3.8) is 0 Å². The predicted molar refractivity (Wildman–Crippen MR) is 60.4 cm³/mol. The van der Waals surface area contributed by atoms with E-state index in [-0.39, 0.29) is 12.3 Å². The monoisotopic (exact) mass is 231 g/mol. The Labute approximate surface area is 96.1 Å². The molecule has 0 aliphatic rings. The lowest BCUT2D eigenvalue weighted by Gasteiger charge is -2.41. The van der Waals surface area contributed by atoms with Crippen molar-refractivity contribution < 1.29 is 19.8 Å². The third-order valence-electron chi connectivity index (χ3n) is 3.30. The fourth-order valence-electron chi connectivity index (χ4n) is 2.35. The van der Waals surface area contributed by atoms with Crippen LogP contribution in [-0.4, -0.2) is 46.7 Å². The molecule has 0 saturated carbocycles. The Bertz CT molecular complexity index is 265. The molecule has 0 aromatic rings. The summed E-state index contributed by atoms with van der Waals surface area (Å²) in [6.45, 7) is 3.60. The van der Waals surface area contributed by atoms with Gasteiger partial charge in [-0.05, 0) is 26.4 Å². The number of carbonyl (C=O) groups is 2. The van der Waals surface area contributed by atoms with E-state index in [4.69, 9.17) is 5.11 Å². The van der Waals surface area contributed by atoms with Crippen molar-refractivity contribution in [3.8, 4) is 0 Å². The van der Waals surface area contributed by atoms with Gasteiger partial charge in [-0.1, -0.05) is 20.3 Å². The van der Waals surface area contributed by atoms with Gasteiger partial charge in [-0.3, -0.25) is 14.5 Å². The Morgan fingerprint density at radius 2 is 1.75 bits per heavy atom. The molecule has 16 heavy (non-hydrogen) atoms. The molecule has 0 aliphatic heterocycles. The summed E-state index contributed by atoms with van der Waals surface area (Å²) >= 11 is 0. The number of aliphatic carboxylic acids is 2. The van der Waals surface area contributed by atoms with E-state index in [2.05, 4.69) is 0 Å². The van der Waals surface area contributed by atoms with Crippen LogP contribution in [0, 0.1) is 5.92 Å². The topological polar surface area (TPSA) is 77.8 Å². The molecule has 1 unspecified atom stereocenters. The number of hydrogen-bond acceptors (Lipinski definition) is 3. The molecule has 0 amide bonds. The fraction of sp³-hybridized carbons (Fsp3) is 0.818. The number of hydrogen-bond donors (Lipinski definition) is 2. The van der Waals surface area contributed by atoms with Crippen molar-refractivity contribution in [3.05, 3.63) is 0 Å². The van der Waals surface area contributed by atoms with Crippen molar-refractivity contribution in [2.75, 3.05) is 14.1 Å². The van der Waals surface area contributed by atoms with Crippen LogP contribution in [-0.2, 0) is 9.59 Å². The summed E-state index contributed by atoms with van der Waals surface area (Å²) in [5.74, 6) is -2.29. The normalized spacial score (nSPS) is 16.8. The Kier molecular flexibility index (Phi) is 5.44. The van der Waals surface area contributed by atoms with Gasteiger partial charge >= 0.3 is 11.9 Å². The summed E-state index contributed by atoms with van der Waals surface area (Å²) in [6.07, 6.45) is 0.806. The van der Waals surface area contributed by atoms with E-state index < -0.39 is 17.5 Å². The zero-order valence-corrected chi connectivity index (χ0v) is 10.4. The Balaban J connectivity index is 5.26. The standard InChI is InChI=1S/C11H21NO4/c1-5-8(7-9(13)14)11(6-2,10(15)16)12(3)4/h8H,5-7H2,1-4H3,(H,13,14)(H,15,16)/t8?,11-/m1/s1. The van der Waals surface area contributed by atoms with Crippen molar-refractivity contribution in [1.82, 2.24) is 4.90 Å². The van der Waals surface area contributed by atoms with E-state index in [0.717, 1.165) is 0 Å². The summed E-state index contributed by atoms with van der Waals surface area (Å²) in [4.78, 5) is 23.8. The SMILES string of the molecule is CCC(CC(=O)O)[C@](CC)(C(=O)O)N(C)C. The number of likely N-dealkylation sites (N-methyl/N-ethyl adjacent to an activating group) is 1. The second-order valence-electron chi connectivity index (χ2n) is 4.18. The van der Waals surface area contributed by atoms with Gasteiger partial charge in [0.15, 0.2) is 0 Å². The van der Waals surface area contributed by atoms with E-state index in [0.29, 0.717) is 12.8 Å². The number of carboxylic acid groups (broad SMARTS) is 2. The van der Waals surface area contributed by atoms with Gasteiger partial charge in [-0.25, -0.2) is 0 Å². The van der Waals surface area contributed by atoms with Gasteiger partial charge in [0, 0.05) is 0 Å². The van der Waals surface area contributed by atoms with Crippen LogP contribution in [0.2, 0.25) is 0 Å². The van der Waals surface area contributed by atoms with Crippen LogP contribution in [0.5, 0.6) is 0 Å². The molecule has 0 saturated heterocycles. The number of nitrogens with zero attached hydrogens (tertiary/aromatic N) is 1. The first-order valence-corrected chi connectivity index (χ1v) is 5.45. The first kappa shape index (κ1) is 14.9. The minimum absolute atomic E-state index is 0.116. The maximum absolute atomic E-state index is 11.4. The predicted octanol–water partition coefficient (Wildman–Crippen LogP) is 1.28. The van der Waals surface area contributed by atoms with E-state index in [1.165, 1.54) is 0 Å². The van der Waals surface area contributed by atoms with Crippen molar-refractivity contribution >= 4 is 11.9 Å². The van der Waals surface area contributed by atoms with E-state index >= 15 is 0 Å². The van der Waals surface area contributed by atoms with Gasteiger partial charge in [0.05, 0.1) is 6.42 Å². The summed E-state index contributed by atoms with van der Waals surface area (Å²) in [7, 11) is 3.37. The van der Waals surface area contributed by atoms with Crippen LogP contribution in [0.1, 0.15) is 33.1 Å². The van der Waals surface area contributed by atoms with Crippen molar-refractivity contribution in [2.45, 2.75) is 38.6 Å². The van der Waals surface area contributed by atoms with Crippen molar-refractivity contribution in [2.24, 2.45) is 5.92 Å². The molecule has 5 nitrogen and oxygen atoms in total. The molecule has 0 rings (SSSR count). The summed E-state index contributed by atoms with van der Waals surface area (Å²) < 4.78 is 0.